The van der Waals surface area contributed by atoms with Crippen LogP contribution in [0.25, 0.3) is 10.2 Å². The molecule has 0 bridgehead atoms. The molecule has 6 nitrogen and oxygen atoms in total. The number of halogens is 1. The fraction of sp³-hybridized carbons (Fsp3) is 0.333. The zero-order valence-electron chi connectivity index (χ0n) is 17.2. The monoisotopic (exact) mass is 498 g/mol. The lowest BCUT2D eigenvalue weighted by Gasteiger charge is -2.05. The summed E-state index contributed by atoms with van der Waals surface area (Å²) >= 11 is 8.87. The second kappa shape index (κ2) is 10.8. The average molecular weight is 499 g/mol. The highest BCUT2D eigenvalue weighted by molar-refractivity contribution is 7.99. The predicted molar refractivity (Wildman–Crippen MR) is 127 cm³/mol. The molecule has 166 valence electrons. The Morgan fingerprint density at radius 1 is 1.23 bits per heavy atom. The second-order valence-corrected chi connectivity index (χ2v) is 11.5. The van der Waals surface area contributed by atoms with E-state index in [1.54, 1.807) is 37.1 Å². The molecular weight excluding hydrogens is 476 g/mol. The highest BCUT2D eigenvalue weighted by atomic mass is 35.5. The van der Waals surface area contributed by atoms with Gasteiger partial charge in [-0.3, -0.25) is 4.79 Å². The van der Waals surface area contributed by atoms with E-state index < -0.39 is 9.84 Å². The zero-order chi connectivity index (χ0) is 22.4. The fourth-order valence-corrected chi connectivity index (χ4v) is 5.69. The number of hydrogen-bond acceptors (Lipinski definition) is 6. The Hall–Kier alpha value is -1.65. The van der Waals surface area contributed by atoms with Gasteiger partial charge in [0, 0.05) is 36.2 Å². The van der Waals surface area contributed by atoms with Crippen molar-refractivity contribution in [2.75, 3.05) is 25.7 Å². The van der Waals surface area contributed by atoms with Crippen LogP contribution >= 0.6 is 34.7 Å². The number of methoxy groups -OCH3 is 1. The van der Waals surface area contributed by atoms with E-state index in [1.165, 1.54) is 17.6 Å². The SMILES string of the molecule is COCCn1c(=NC(=O)CCCSc2ccc(Cl)cc2)sc2cc(S(C)(=O)=O)ccc21. The van der Waals surface area contributed by atoms with Crippen molar-refractivity contribution in [3.8, 4) is 0 Å². The first-order valence-electron chi connectivity index (χ1n) is 9.56. The summed E-state index contributed by atoms with van der Waals surface area (Å²) in [4.78, 5) is 18.7. The standard InChI is InChI=1S/C21H23ClN2O4S3/c1-28-12-11-24-18-10-9-17(31(2,26)27)14-19(18)30-21(24)23-20(25)4-3-13-29-16-7-5-15(22)6-8-16/h5-10,14H,3-4,11-13H2,1-2H3. The highest BCUT2D eigenvalue weighted by Crippen LogP contribution is 2.23. The van der Waals surface area contributed by atoms with Crippen LogP contribution in [0, 0.1) is 0 Å². The molecule has 0 saturated heterocycles. The number of hydrogen-bond donors (Lipinski definition) is 0. The maximum Gasteiger partial charge on any atom is 0.248 e. The van der Waals surface area contributed by atoms with Crippen molar-refractivity contribution in [2.45, 2.75) is 29.2 Å². The van der Waals surface area contributed by atoms with Crippen LogP contribution in [0.3, 0.4) is 0 Å². The number of sulfone groups is 1. The molecule has 0 unspecified atom stereocenters. The summed E-state index contributed by atoms with van der Waals surface area (Å²) in [7, 11) is -1.70. The summed E-state index contributed by atoms with van der Waals surface area (Å²) in [5.74, 6) is 0.606. The van der Waals surface area contributed by atoms with Crippen LogP contribution < -0.4 is 4.80 Å². The maximum absolute atomic E-state index is 12.5. The molecule has 0 spiro atoms. The van der Waals surface area contributed by atoms with E-state index >= 15 is 0 Å². The molecule has 1 aromatic heterocycles. The quantitative estimate of drug-likeness (QED) is 0.322. The number of benzene rings is 2. The van der Waals surface area contributed by atoms with Gasteiger partial charge in [0.15, 0.2) is 14.6 Å². The summed E-state index contributed by atoms with van der Waals surface area (Å²) in [6, 6.07) is 12.6. The molecule has 0 aliphatic heterocycles. The first-order valence-corrected chi connectivity index (χ1v) is 13.6. The number of fused-ring (bicyclic) bond motifs is 1. The van der Waals surface area contributed by atoms with Crippen LogP contribution in [-0.2, 0) is 25.9 Å². The molecule has 0 saturated carbocycles. The van der Waals surface area contributed by atoms with Gasteiger partial charge in [-0.15, -0.1) is 11.8 Å². The number of thioether (sulfide) groups is 1. The molecular formula is C21H23ClN2O4S3. The van der Waals surface area contributed by atoms with Gasteiger partial charge >= 0.3 is 0 Å². The summed E-state index contributed by atoms with van der Waals surface area (Å²) in [5.41, 5.74) is 0.833. The van der Waals surface area contributed by atoms with E-state index in [1.807, 2.05) is 28.8 Å². The molecule has 0 aliphatic rings. The fourth-order valence-electron chi connectivity index (χ4n) is 2.87. The van der Waals surface area contributed by atoms with E-state index in [-0.39, 0.29) is 10.8 Å². The molecule has 0 radical (unpaired) electrons. The predicted octanol–water partition coefficient (Wildman–Crippen LogP) is 4.41. The van der Waals surface area contributed by atoms with E-state index in [2.05, 4.69) is 4.99 Å². The van der Waals surface area contributed by atoms with Gasteiger partial charge < -0.3 is 9.30 Å². The molecule has 0 aliphatic carbocycles. The first kappa shape index (κ1) is 24.0. The maximum atomic E-state index is 12.5. The van der Waals surface area contributed by atoms with Crippen molar-refractivity contribution in [2.24, 2.45) is 4.99 Å². The summed E-state index contributed by atoms with van der Waals surface area (Å²) in [6.45, 7) is 0.978. The van der Waals surface area contributed by atoms with Gasteiger partial charge in [0.2, 0.25) is 5.91 Å². The Balaban J connectivity index is 1.75. The summed E-state index contributed by atoms with van der Waals surface area (Å²) in [6.07, 6.45) is 2.22. The number of rotatable bonds is 9. The van der Waals surface area contributed by atoms with Gasteiger partial charge in [0.05, 0.1) is 21.7 Å². The molecule has 2 aromatic carbocycles. The number of aromatic nitrogens is 1. The lowest BCUT2D eigenvalue weighted by molar-refractivity contribution is -0.118. The average Bonchev–Trinajstić information content (AvgIpc) is 3.06. The Morgan fingerprint density at radius 3 is 2.65 bits per heavy atom. The molecule has 3 rings (SSSR count). The lowest BCUT2D eigenvalue weighted by Crippen LogP contribution is -2.19. The normalized spacial score (nSPS) is 12.5. The Morgan fingerprint density at radius 2 is 1.97 bits per heavy atom. The van der Waals surface area contributed by atoms with Crippen LogP contribution in [0.1, 0.15) is 12.8 Å². The minimum Gasteiger partial charge on any atom is -0.383 e. The number of amides is 1. The molecule has 10 heteroatoms. The van der Waals surface area contributed by atoms with Crippen LogP contribution in [0.4, 0.5) is 0 Å². The Labute approximate surface area is 194 Å². The van der Waals surface area contributed by atoms with Gasteiger partial charge in [-0.1, -0.05) is 22.9 Å². The minimum absolute atomic E-state index is 0.197. The second-order valence-electron chi connectivity index (χ2n) is 6.84. The van der Waals surface area contributed by atoms with Gasteiger partial charge in [0.1, 0.15) is 0 Å². The zero-order valence-corrected chi connectivity index (χ0v) is 20.4. The smallest absolute Gasteiger partial charge is 0.248 e. The number of thiazole rings is 1. The first-order chi connectivity index (χ1) is 14.8. The van der Waals surface area contributed by atoms with Crippen LogP contribution in [0.15, 0.2) is 57.2 Å². The van der Waals surface area contributed by atoms with Gasteiger partial charge in [-0.05, 0) is 54.6 Å². The van der Waals surface area contributed by atoms with Gasteiger partial charge in [-0.2, -0.15) is 4.99 Å². The molecule has 0 atom stereocenters. The number of ether oxygens (including phenoxy) is 1. The van der Waals surface area contributed by atoms with E-state index in [0.717, 1.165) is 20.9 Å². The van der Waals surface area contributed by atoms with Crippen molar-refractivity contribution in [3.05, 3.63) is 52.3 Å². The third-order valence-corrected chi connectivity index (χ3v) is 7.94. The Bertz CT molecular complexity index is 1230. The van der Waals surface area contributed by atoms with Crippen molar-refractivity contribution in [1.82, 2.24) is 4.57 Å². The minimum atomic E-state index is -3.31. The van der Waals surface area contributed by atoms with Crippen molar-refractivity contribution in [1.29, 1.82) is 0 Å². The Kier molecular flexibility index (Phi) is 8.35. The number of carbonyl (C=O) groups excluding carboxylic acids is 1. The lowest BCUT2D eigenvalue weighted by atomic mass is 10.3. The molecule has 1 amide bonds. The van der Waals surface area contributed by atoms with Crippen LogP contribution in [-0.4, -0.2) is 44.6 Å². The van der Waals surface area contributed by atoms with Crippen molar-refractivity contribution in [3.63, 3.8) is 0 Å². The summed E-state index contributed by atoms with van der Waals surface area (Å²) < 4.78 is 31.6. The summed E-state index contributed by atoms with van der Waals surface area (Å²) in [5, 5.41) is 0.701. The van der Waals surface area contributed by atoms with E-state index in [9.17, 15) is 13.2 Å². The third kappa shape index (κ3) is 6.66. The molecule has 0 fully saturated rings. The topological polar surface area (TPSA) is 77.7 Å². The van der Waals surface area contributed by atoms with E-state index in [4.69, 9.17) is 16.3 Å². The number of carbonyl (C=O) groups is 1. The van der Waals surface area contributed by atoms with Crippen LogP contribution in [0.5, 0.6) is 0 Å². The number of nitrogens with zero attached hydrogens (tertiary/aromatic N) is 2. The molecule has 0 N–H and O–H groups in total. The highest BCUT2D eigenvalue weighted by Gasteiger charge is 2.13. The molecule has 31 heavy (non-hydrogen) atoms. The van der Waals surface area contributed by atoms with Gasteiger partial charge in [-0.25, -0.2) is 8.42 Å². The van der Waals surface area contributed by atoms with Gasteiger partial charge in [0.25, 0.3) is 0 Å². The van der Waals surface area contributed by atoms with Crippen molar-refractivity contribution < 1.29 is 17.9 Å². The largest absolute Gasteiger partial charge is 0.383 e. The molecule has 3 aromatic rings. The van der Waals surface area contributed by atoms with Crippen molar-refractivity contribution >= 4 is 60.7 Å². The van der Waals surface area contributed by atoms with Crippen LogP contribution in [0.2, 0.25) is 5.02 Å². The molecule has 1 heterocycles. The van der Waals surface area contributed by atoms with E-state index in [0.29, 0.717) is 35.8 Å². The third-order valence-electron chi connectivity index (χ3n) is 4.44.